The van der Waals surface area contributed by atoms with Crippen LogP contribution in [-0.2, 0) is 0 Å². The molecular weight excluding hydrogens is 757 g/mol. The molecule has 8 aromatic carbocycles. The normalized spacial score (nSPS) is 11.2. The van der Waals surface area contributed by atoms with Gasteiger partial charge in [-0.3, -0.25) is 0 Å². The van der Waals surface area contributed by atoms with Crippen molar-refractivity contribution >= 4 is 10.8 Å². The summed E-state index contributed by atoms with van der Waals surface area (Å²) in [6, 6.07) is 63.1. The first-order valence-electron chi connectivity index (χ1n) is 20.9. The molecule has 0 amide bonds. The summed E-state index contributed by atoms with van der Waals surface area (Å²) in [6.45, 7) is 8.37. The summed E-state index contributed by atoms with van der Waals surface area (Å²) in [7, 11) is 0. The highest BCUT2D eigenvalue weighted by atomic mass is 15.0. The average Bonchev–Trinajstić information content (AvgIpc) is 3.31. The second-order valence-corrected chi connectivity index (χ2v) is 15.8. The Bertz CT molecular complexity index is 3190. The van der Waals surface area contributed by atoms with Crippen LogP contribution in [0.15, 0.2) is 182 Å². The van der Waals surface area contributed by atoms with Crippen molar-refractivity contribution in [3.05, 3.63) is 204 Å². The molecular formula is C56H42N6. The summed E-state index contributed by atoms with van der Waals surface area (Å²) < 4.78 is 0. The molecule has 0 saturated heterocycles. The molecule has 0 atom stereocenters. The van der Waals surface area contributed by atoms with Crippen molar-refractivity contribution in [3.8, 4) is 90.6 Å². The van der Waals surface area contributed by atoms with Gasteiger partial charge in [0, 0.05) is 33.4 Å². The summed E-state index contributed by atoms with van der Waals surface area (Å²) in [5, 5.41) is 2.30. The topological polar surface area (TPSA) is 77.3 Å². The molecule has 0 saturated carbocycles. The number of benzene rings is 8. The summed E-state index contributed by atoms with van der Waals surface area (Å²) in [4.78, 5) is 30.4. The van der Waals surface area contributed by atoms with Crippen molar-refractivity contribution in [1.29, 1.82) is 0 Å². The molecule has 2 heterocycles. The zero-order valence-electron chi connectivity index (χ0n) is 35.0. The minimum absolute atomic E-state index is 0.630. The van der Waals surface area contributed by atoms with Crippen molar-refractivity contribution in [3.63, 3.8) is 0 Å². The molecule has 0 aliphatic rings. The standard InChI is InChI=1S/C56H42N6/c1-35-16-5-9-25-45(35)53-57-51(58-54(61-53)46-26-10-6-17-36(46)2)43-23-13-21-40(32-43)41-31-30-39-20-15-29-49(50(39)34-41)42-22-14-24-44(33-42)52-59-55(47-27-11-7-18-37(47)3)62-56(60-52)48-28-12-8-19-38(48)4/h5-34H,1-4H3. The molecule has 6 nitrogen and oxygen atoms in total. The van der Waals surface area contributed by atoms with E-state index < -0.39 is 0 Å². The van der Waals surface area contributed by atoms with Crippen LogP contribution < -0.4 is 0 Å². The molecule has 0 fully saturated rings. The number of hydrogen-bond acceptors (Lipinski definition) is 6. The Labute approximate surface area is 361 Å². The number of rotatable bonds is 8. The van der Waals surface area contributed by atoms with E-state index in [1.807, 2.05) is 48.5 Å². The van der Waals surface area contributed by atoms with E-state index in [0.717, 1.165) is 88.7 Å². The summed E-state index contributed by atoms with van der Waals surface area (Å²) in [5.74, 6) is 3.89. The van der Waals surface area contributed by atoms with Gasteiger partial charge in [-0.1, -0.05) is 164 Å². The number of fused-ring (bicyclic) bond motifs is 1. The molecule has 10 aromatic rings. The van der Waals surface area contributed by atoms with E-state index in [2.05, 4.69) is 161 Å². The van der Waals surface area contributed by atoms with Crippen LogP contribution in [0.1, 0.15) is 22.3 Å². The molecule has 0 aliphatic heterocycles. The van der Waals surface area contributed by atoms with Gasteiger partial charge in [0.1, 0.15) is 0 Å². The third-order valence-electron chi connectivity index (χ3n) is 11.6. The van der Waals surface area contributed by atoms with E-state index in [1.54, 1.807) is 0 Å². The molecule has 2 aromatic heterocycles. The Morgan fingerprint density at radius 2 is 0.581 bits per heavy atom. The van der Waals surface area contributed by atoms with Gasteiger partial charge in [0.25, 0.3) is 0 Å². The van der Waals surface area contributed by atoms with Gasteiger partial charge in [0.05, 0.1) is 0 Å². The molecule has 6 heteroatoms. The van der Waals surface area contributed by atoms with Gasteiger partial charge in [0.2, 0.25) is 0 Å². The molecule has 10 rings (SSSR count). The molecule has 62 heavy (non-hydrogen) atoms. The number of hydrogen-bond donors (Lipinski definition) is 0. The Morgan fingerprint density at radius 1 is 0.242 bits per heavy atom. The zero-order valence-corrected chi connectivity index (χ0v) is 35.0. The van der Waals surface area contributed by atoms with E-state index in [-0.39, 0.29) is 0 Å². The van der Waals surface area contributed by atoms with Crippen molar-refractivity contribution in [2.45, 2.75) is 27.7 Å². The van der Waals surface area contributed by atoms with Gasteiger partial charge in [-0.25, -0.2) is 29.9 Å². The first-order chi connectivity index (χ1) is 30.4. The maximum Gasteiger partial charge on any atom is 0.164 e. The molecule has 296 valence electrons. The van der Waals surface area contributed by atoms with Crippen LogP contribution in [-0.4, -0.2) is 29.9 Å². The zero-order chi connectivity index (χ0) is 42.2. The van der Waals surface area contributed by atoms with Crippen LogP contribution in [0.4, 0.5) is 0 Å². The van der Waals surface area contributed by atoms with E-state index in [4.69, 9.17) is 29.9 Å². The monoisotopic (exact) mass is 798 g/mol. The van der Waals surface area contributed by atoms with Gasteiger partial charge in [0.15, 0.2) is 34.9 Å². The van der Waals surface area contributed by atoms with E-state index in [9.17, 15) is 0 Å². The Morgan fingerprint density at radius 3 is 1.03 bits per heavy atom. The first kappa shape index (κ1) is 38.3. The van der Waals surface area contributed by atoms with E-state index >= 15 is 0 Å². The fourth-order valence-corrected chi connectivity index (χ4v) is 8.15. The van der Waals surface area contributed by atoms with Gasteiger partial charge in [-0.2, -0.15) is 0 Å². The van der Waals surface area contributed by atoms with Gasteiger partial charge < -0.3 is 0 Å². The van der Waals surface area contributed by atoms with Gasteiger partial charge in [-0.05, 0) is 101 Å². The second kappa shape index (κ2) is 16.2. The Balaban J connectivity index is 1.06. The molecule has 0 radical (unpaired) electrons. The van der Waals surface area contributed by atoms with Crippen LogP contribution in [0.25, 0.3) is 101 Å². The average molecular weight is 799 g/mol. The first-order valence-corrected chi connectivity index (χ1v) is 20.9. The Kier molecular flexibility index (Phi) is 10.0. The molecule has 0 spiro atoms. The number of aromatic nitrogens is 6. The summed E-state index contributed by atoms with van der Waals surface area (Å²) in [5.41, 5.74) is 14.6. The van der Waals surface area contributed by atoms with Crippen molar-refractivity contribution in [2.75, 3.05) is 0 Å². The molecule has 0 aliphatic carbocycles. The third kappa shape index (κ3) is 7.43. The highest BCUT2D eigenvalue weighted by Crippen LogP contribution is 2.36. The fraction of sp³-hybridized carbons (Fsp3) is 0.0714. The third-order valence-corrected chi connectivity index (χ3v) is 11.6. The summed E-state index contributed by atoms with van der Waals surface area (Å²) in [6.07, 6.45) is 0. The maximum atomic E-state index is 5.09. The lowest BCUT2D eigenvalue weighted by Crippen LogP contribution is -2.02. The van der Waals surface area contributed by atoms with Crippen molar-refractivity contribution in [1.82, 2.24) is 29.9 Å². The number of aryl methyl sites for hydroxylation is 4. The lowest BCUT2D eigenvalue weighted by Gasteiger charge is -2.13. The van der Waals surface area contributed by atoms with Crippen LogP contribution >= 0.6 is 0 Å². The molecule has 0 N–H and O–H groups in total. The van der Waals surface area contributed by atoms with Gasteiger partial charge >= 0.3 is 0 Å². The number of nitrogens with zero attached hydrogens (tertiary/aromatic N) is 6. The Hall–Kier alpha value is -7.96. The van der Waals surface area contributed by atoms with Crippen molar-refractivity contribution < 1.29 is 0 Å². The SMILES string of the molecule is Cc1ccccc1-c1nc(-c2cccc(-c3ccc4cccc(-c5cccc(-c6nc(-c7ccccc7C)nc(-c7ccccc7C)n6)c5)c4c3)c2)nc(-c2ccccc2C)n1. The maximum absolute atomic E-state index is 5.09. The minimum Gasteiger partial charge on any atom is -0.208 e. The van der Waals surface area contributed by atoms with Crippen LogP contribution in [0.2, 0.25) is 0 Å². The summed E-state index contributed by atoms with van der Waals surface area (Å²) >= 11 is 0. The quantitative estimate of drug-likeness (QED) is 0.152. The largest absolute Gasteiger partial charge is 0.208 e. The lowest BCUT2D eigenvalue weighted by molar-refractivity contribution is 1.07. The highest BCUT2D eigenvalue weighted by Gasteiger charge is 2.18. The van der Waals surface area contributed by atoms with Crippen LogP contribution in [0.3, 0.4) is 0 Å². The predicted molar refractivity (Wildman–Crippen MR) is 253 cm³/mol. The molecule has 0 unspecified atom stereocenters. The van der Waals surface area contributed by atoms with Gasteiger partial charge in [-0.15, -0.1) is 0 Å². The molecule has 0 bridgehead atoms. The minimum atomic E-state index is 0.630. The fourth-order valence-electron chi connectivity index (χ4n) is 8.15. The second-order valence-electron chi connectivity index (χ2n) is 15.8. The smallest absolute Gasteiger partial charge is 0.164 e. The van der Waals surface area contributed by atoms with Crippen LogP contribution in [0, 0.1) is 27.7 Å². The lowest BCUT2D eigenvalue weighted by atomic mass is 9.93. The van der Waals surface area contributed by atoms with Crippen molar-refractivity contribution in [2.24, 2.45) is 0 Å². The van der Waals surface area contributed by atoms with E-state index in [1.165, 1.54) is 0 Å². The van der Waals surface area contributed by atoms with Crippen LogP contribution in [0.5, 0.6) is 0 Å². The van der Waals surface area contributed by atoms with E-state index in [0.29, 0.717) is 34.9 Å². The highest BCUT2D eigenvalue weighted by molar-refractivity contribution is 5.99. The predicted octanol–water partition coefficient (Wildman–Crippen LogP) is 13.8.